The van der Waals surface area contributed by atoms with Crippen molar-refractivity contribution in [2.75, 3.05) is 6.54 Å². The van der Waals surface area contributed by atoms with Crippen molar-refractivity contribution in [2.45, 2.75) is 71.8 Å². The van der Waals surface area contributed by atoms with E-state index in [0.29, 0.717) is 17.4 Å². The van der Waals surface area contributed by atoms with Crippen molar-refractivity contribution < 1.29 is 0 Å². The van der Waals surface area contributed by atoms with E-state index in [1.165, 1.54) is 37.8 Å². The summed E-state index contributed by atoms with van der Waals surface area (Å²) >= 11 is 0. The standard InChI is InChI=1S/C19H32N2/c1-5-13-21-18(15(2)17-11-7-9-14-20-17)16-10-6-8-12-19(16,3)4/h7,9,11,14-16,18,21H,5-6,8,10,12-13H2,1-4H3. The second kappa shape index (κ2) is 7.40. The largest absolute Gasteiger partial charge is 0.313 e. The third kappa shape index (κ3) is 4.06. The maximum atomic E-state index is 4.61. The molecule has 1 aromatic rings. The fourth-order valence-electron chi connectivity index (χ4n) is 3.99. The van der Waals surface area contributed by atoms with E-state index in [9.17, 15) is 0 Å². The fourth-order valence-corrected chi connectivity index (χ4v) is 3.99. The van der Waals surface area contributed by atoms with Crippen LogP contribution in [0.5, 0.6) is 0 Å². The molecule has 1 fully saturated rings. The second-order valence-corrected chi connectivity index (χ2v) is 7.36. The molecule has 0 aromatic carbocycles. The van der Waals surface area contributed by atoms with Gasteiger partial charge in [-0.05, 0) is 49.3 Å². The van der Waals surface area contributed by atoms with Gasteiger partial charge in [-0.2, -0.15) is 0 Å². The molecule has 0 bridgehead atoms. The van der Waals surface area contributed by atoms with Crippen LogP contribution in [-0.4, -0.2) is 17.6 Å². The fraction of sp³-hybridized carbons (Fsp3) is 0.737. The average Bonchev–Trinajstić information content (AvgIpc) is 2.49. The van der Waals surface area contributed by atoms with E-state index in [0.717, 1.165) is 12.5 Å². The van der Waals surface area contributed by atoms with Gasteiger partial charge in [-0.3, -0.25) is 4.98 Å². The van der Waals surface area contributed by atoms with Crippen molar-refractivity contribution >= 4 is 0 Å². The Morgan fingerprint density at radius 2 is 2.14 bits per heavy atom. The first-order valence-corrected chi connectivity index (χ1v) is 8.70. The Balaban J connectivity index is 2.20. The lowest BCUT2D eigenvalue weighted by Crippen LogP contribution is -2.48. The maximum Gasteiger partial charge on any atom is 0.0447 e. The minimum Gasteiger partial charge on any atom is -0.313 e. The van der Waals surface area contributed by atoms with E-state index < -0.39 is 0 Å². The zero-order valence-electron chi connectivity index (χ0n) is 14.2. The maximum absolute atomic E-state index is 4.61. The number of pyridine rings is 1. The number of hydrogen-bond donors (Lipinski definition) is 1. The highest BCUT2D eigenvalue weighted by Crippen LogP contribution is 2.45. The van der Waals surface area contributed by atoms with Crippen molar-refractivity contribution in [1.82, 2.24) is 10.3 Å². The molecule has 1 saturated carbocycles. The highest BCUT2D eigenvalue weighted by atomic mass is 14.9. The molecule has 2 nitrogen and oxygen atoms in total. The van der Waals surface area contributed by atoms with Crippen LogP contribution in [0.25, 0.3) is 0 Å². The first-order chi connectivity index (χ1) is 10.1. The Bertz CT molecular complexity index is 413. The average molecular weight is 288 g/mol. The SMILES string of the molecule is CCCNC(C(C)c1ccccn1)C1CCCCC1(C)C. The van der Waals surface area contributed by atoms with Gasteiger partial charge in [0.2, 0.25) is 0 Å². The minimum atomic E-state index is 0.437. The molecule has 1 aliphatic carbocycles. The monoisotopic (exact) mass is 288 g/mol. The lowest BCUT2D eigenvalue weighted by molar-refractivity contribution is 0.0886. The minimum absolute atomic E-state index is 0.437. The molecule has 3 unspecified atom stereocenters. The van der Waals surface area contributed by atoms with Crippen molar-refractivity contribution in [1.29, 1.82) is 0 Å². The quantitative estimate of drug-likeness (QED) is 0.815. The van der Waals surface area contributed by atoms with E-state index >= 15 is 0 Å². The van der Waals surface area contributed by atoms with E-state index in [2.05, 4.69) is 50.1 Å². The summed E-state index contributed by atoms with van der Waals surface area (Å²) in [5, 5.41) is 3.85. The Morgan fingerprint density at radius 1 is 1.33 bits per heavy atom. The van der Waals surface area contributed by atoms with Gasteiger partial charge in [-0.15, -0.1) is 0 Å². The van der Waals surface area contributed by atoms with E-state index in [4.69, 9.17) is 0 Å². The number of hydrogen-bond acceptors (Lipinski definition) is 2. The van der Waals surface area contributed by atoms with Gasteiger partial charge in [-0.1, -0.05) is 46.6 Å². The summed E-state index contributed by atoms with van der Waals surface area (Å²) in [7, 11) is 0. The summed E-state index contributed by atoms with van der Waals surface area (Å²) in [6.45, 7) is 10.6. The predicted octanol–water partition coefficient (Wildman–Crippen LogP) is 4.77. The molecule has 0 saturated heterocycles. The Kier molecular flexibility index (Phi) is 5.80. The van der Waals surface area contributed by atoms with Crippen LogP contribution >= 0.6 is 0 Å². The van der Waals surface area contributed by atoms with Crippen molar-refractivity contribution in [2.24, 2.45) is 11.3 Å². The van der Waals surface area contributed by atoms with Gasteiger partial charge in [0.25, 0.3) is 0 Å². The van der Waals surface area contributed by atoms with Crippen LogP contribution < -0.4 is 5.32 Å². The van der Waals surface area contributed by atoms with Crippen LogP contribution in [0.2, 0.25) is 0 Å². The first-order valence-electron chi connectivity index (χ1n) is 8.70. The number of rotatable bonds is 6. The molecule has 2 heteroatoms. The molecule has 0 amide bonds. The molecule has 3 atom stereocenters. The Labute approximate surface area is 130 Å². The van der Waals surface area contributed by atoms with Crippen LogP contribution in [0.4, 0.5) is 0 Å². The molecule has 1 aromatic heterocycles. The van der Waals surface area contributed by atoms with Crippen molar-refractivity contribution in [3.05, 3.63) is 30.1 Å². The van der Waals surface area contributed by atoms with Gasteiger partial charge in [0, 0.05) is 23.9 Å². The van der Waals surface area contributed by atoms with Gasteiger partial charge in [-0.25, -0.2) is 0 Å². The molecule has 1 N–H and O–H groups in total. The molecule has 21 heavy (non-hydrogen) atoms. The Morgan fingerprint density at radius 3 is 2.76 bits per heavy atom. The lowest BCUT2D eigenvalue weighted by Gasteiger charge is -2.45. The van der Waals surface area contributed by atoms with Crippen LogP contribution in [0.15, 0.2) is 24.4 Å². The smallest absolute Gasteiger partial charge is 0.0447 e. The van der Waals surface area contributed by atoms with Gasteiger partial charge in [0.1, 0.15) is 0 Å². The predicted molar refractivity (Wildman–Crippen MR) is 90.5 cm³/mol. The summed E-state index contributed by atoms with van der Waals surface area (Å²) in [5.41, 5.74) is 1.67. The highest BCUT2D eigenvalue weighted by molar-refractivity contribution is 5.13. The van der Waals surface area contributed by atoms with E-state index in [1.54, 1.807) is 0 Å². The number of nitrogens with one attached hydrogen (secondary N) is 1. The Hall–Kier alpha value is -0.890. The van der Waals surface area contributed by atoms with Gasteiger partial charge >= 0.3 is 0 Å². The lowest BCUT2D eigenvalue weighted by atomic mass is 9.63. The third-order valence-electron chi connectivity index (χ3n) is 5.35. The summed E-state index contributed by atoms with van der Waals surface area (Å²) < 4.78 is 0. The van der Waals surface area contributed by atoms with Crippen molar-refractivity contribution in [3.8, 4) is 0 Å². The van der Waals surface area contributed by atoms with Crippen molar-refractivity contribution in [3.63, 3.8) is 0 Å². The molecule has 2 rings (SSSR count). The molecular formula is C19H32N2. The van der Waals surface area contributed by atoms with Crippen LogP contribution in [0, 0.1) is 11.3 Å². The highest BCUT2D eigenvalue weighted by Gasteiger charge is 2.39. The molecule has 0 aliphatic heterocycles. The topological polar surface area (TPSA) is 24.9 Å². The van der Waals surface area contributed by atoms with Crippen LogP contribution in [0.1, 0.15) is 71.4 Å². The van der Waals surface area contributed by atoms with Gasteiger partial charge in [0.15, 0.2) is 0 Å². The number of aromatic nitrogens is 1. The zero-order chi connectivity index (χ0) is 15.3. The molecule has 0 radical (unpaired) electrons. The van der Waals surface area contributed by atoms with E-state index in [1.807, 2.05) is 12.3 Å². The summed E-state index contributed by atoms with van der Waals surface area (Å²) in [6, 6.07) is 6.84. The molecular weight excluding hydrogens is 256 g/mol. The molecule has 1 aliphatic rings. The normalized spacial score (nSPS) is 24.5. The second-order valence-electron chi connectivity index (χ2n) is 7.36. The third-order valence-corrected chi connectivity index (χ3v) is 5.35. The van der Waals surface area contributed by atoms with Crippen LogP contribution in [0.3, 0.4) is 0 Å². The van der Waals surface area contributed by atoms with Gasteiger partial charge in [0.05, 0.1) is 0 Å². The first kappa shape index (κ1) is 16.5. The number of nitrogens with zero attached hydrogens (tertiary/aromatic N) is 1. The van der Waals surface area contributed by atoms with Crippen LogP contribution in [-0.2, 0) is 0 Å². The molecule has 118 valence electrons. The zero-order valence-corrected chi connectivity index (χ0v) is 14.2. The summed E-state index contributed by atoms with van der Waals surface area (Å²) in [6.07, 6.45) is 8.60. The van der Waals surface area contributed by atoms with E-state index in [-0.39, 0.29) is 0 Å². The summed E-state index contributed by atoms with van der Waals surface area (Å²) in [5.74, 6) is 1.22. The van der Waals surface area contributed by atoms with Gasteiger partial charge < -0.3 is 5.32 Å². The molecule has 0 spiro atoms. The summed E-state index contributed by atoms with van der Waals surface area (Å²) in [4.78, 5) is 4.61. The molecule has 1 heterocycles.